The molecule has 3 rings (SSSR count). The van der Waals surface area contributed by atoms with Crippen molar-refractivity contribution in [2.45, 2.75) is 11.8 Å². The van der Waals surface area contributed by atoms with Crippen LogP contribution in [0.2, 0.25) is 0 Å². The van der Waals surface area contributed by atoms with E-state index in [1.54, 1.807) is 0 Å². The lowest BCUT2D eigenvalue weighted by atomic mass is 9.71. The van der Waals surface area contributed by atoms with Gasteiger partial charge in [0, 0.05) is 25.0 Å². The van der Waals surface area contributed by atoms with Gasteiger partial charge >= 0.3 is 6.03 Å². The first-order chi connectivity index (χ1) is 12.7. The highest BCUT2D eigenvalue weighted by atomic mass is 16.5. The second-order valence-corrected chi connectivity index (χ2v) is 6.74. The van der Waals surface area contributed by atoms with E-state index in [0.717, 1.165) is 39.3 Å². The van der Waals surface area contributed by atoms with Gasteiger partial charge < -0.3 is 15.8 Å². The fourth-order valence-corrected chi connectivity index (χ4v) is 3.67. The smallest absolute Gasteiger partial charge is 0.312 e. The fraction of sp³-hybridized carbons (Fsp3) is 0.381. The summed E-state index contributed by atoms with van der Waals surface area (Å²) >= 11 is 0. The number of carbonyl (C=O) groups excluding carboxylic acids is 1. The molecule has 1 aliphatic rings. The summed E-state index contributed by atoms with van der Waals surface area (Å²) in [6.45, 7) is 4.87. The molecule has 26 heavy (non-hydrogen) atoms. The SMILES string of the molecule is NC(=O)NCC(CCN1CCOCC1)(c1ccccc1)c1ccccc1. The van der Waals surface area contributed by atoms with Crippen molar-refractivity contribution in [3.8, 4) is 0 Å². The number of benzene rings is 2. The van der Waals surface area contributed by atoms with Gasteiger partial charge in [-0.15, -0.1) is 0 Å². The molecule has 138 valence electrons. The zero-order valence-corrected chi connectivity index (χ0v) is 15.1. The van der Waals surface area contributed by atoms with E-state index in [0.29, 0.717) is 6.54 Å². The first kappa shape index (κ1) is 18.4. The number of primary amides is 1. The Bertz CT molecular complexity index is 645. The van der Waals surface area contributed by atoms with Gasteiger partial charge in [-0.2, -0.15) is 0 Å². The normalized spacial score (nSPS) is 15.5. The zero-order valence-electron chi connectivity index (χ0n) is 15.1. The summed E-state index contributed by atoms with van der Waals surface area (Å²) in [5, 5.41) is 2.87. The Labute approximate surface area is 155 Å². The lowest BCUT2D eigenvalue weighted by Gasteiger charge is -2.38. The Morgan fingerprint density at radius 2 is 1.54 bits per heavy atom. The molecule has 2 aromatic rings. The van der Waals surface area contributed by atoms with Crippen LogP contribution in [0.4, 0.5) is 4.79 Å². The highest BCUT2D eigenvalue weighted by Crippen LogP contribution is 2.35. The van der Waals surface area contributed by atoms with Crippen molar-refractivity contribution in [2.24, 2.45) is 5.73 Å². The van der Waals surface area contributed by atoms with Crippen LogP contribution in [0.1, 0.15) is 17.5 Å². The molecule has 1 aliphatic heterocycles. The van der Waals surface area contributed by atoms with Gasteiger partial charge in [0.15, 0.2) is 0 Å². The molecule has 0 atom stereocenters. The van der Waals surface area contributed by atoms with Gasteiger partial charge in [0.05, 0.1) is 13.2 Å². The van der Waals surface area contributed by atoms with Crippen LogP contribution in [-0.4, -0.2) is 50.3 Å². The molecule has 3 N–H and O–H groups in total. The molecule has 0 spiro atoms. The maximum atomic E-state index is 11.5. The molecule has 0 radical (unpaired) electrons. The van der Waals surface area contributed by atoms with Crippen LogP contribution in [-0.2, 0) is 10.2 Å². The maximum absolute atomic E-state index is 11.5. The number of rotatable bonds is 7. The number of amides is 2. The van der Waals surface area contributed by atoms with Crippen LogP contribution in [0, 0.1) is 0 Å². The van der Waals surface area contributed by atoms with Crippen LogP contribution in [0.15, 0.2) is 60.7 Å². The third-order valence-corrected chi connectivity index (χ3v) is 5.18. The van der Waals surface area contributed by atoms with E-state index in [4.69, 9.17) is 10.5 Å². The molecule has 0 saturated carbocycles. The van der Waals surface area contributed by atoms with Gasteiger partial charge in [-0.1, -0.05) is 60.7 Å². The van der Waals surface area contributed by atoms with Crippen LogP contribution < -0.4 is 11.1 Å². The second-order valence-electron chi connectivity index (χ2n) is 6.74. The van der Waals surface area contributed by atoms with Crippen molar-refractivity contribution < 1.29 is 9.53 Å². The van der Waals surface area contributed by atoms with E-state index in [-0.39, 0.29) is 5.41 Å². The maximum Gasteiger partial charge on any atom is 0.312 e. The number of carbonyl (C=O) groups is 1. The summed E-state index contributed by atoms with van der Waals surface area (Å²) in [5.41, 5.74) is 7.47. The zero-order chi connectivity index (χ0) is 18.2. The van der Waals surface area contributed by atoms with Crippen molar-refractivity contribution in [1.82, 2.24) is 10.2 Å². The number of hydrogen-bond donors (Lipinski definition) is 2. The molecule has 1 heterocycles. The molecule has 1 saturated heterocycles. The van der Waals surface area contributed by atoms with Crippen LogP contribution >= 0.6 is 0 Å². The minimum Gasteiger partial charge on any atom is -0.379 e. The molecule has 2 amide bonds. The molecule has 0 unspecified atom stereocenters. The van der Waals surface area contributed by atoms with Gasteiger partial charge in [0.1, 0.15) is 0 Å². The Kier molecular flexibility index (Phi) is 6.26. The quantitative estimate of drug-likeness (QED) is 0.803. The van der Waals surface area contributed by atoms with Gasteiger partial charge in [0.2, 0.25) is 0 Å². The van der Waals surface area contributed by atoms with Crippen LogP contribution in [0.25, 0.3) is 0 Å². The molecule has 5 heteroatoms. The summed E-state index contributed by atoms with van der Waals surface area (Å²) in [7, 11) is 0. The molecule has 1 fully saturated rings. The first-order valence-electron chi connectivity index (χ1n) is 9.15. The largest absolute Gasteiger partial charge is 0.379 e. The monoisotopic (exact) mass is 353 g/mol. The summed E-state index contributed by atoms with van der Waals surface area (Å²) in [4.78, 5) is 13.9. The molecule has 0 aliphatic carbocycles. The average Bonchev–Trinajstić information content (AvgIpc) is 2.70. The average molecular weight is 353 g/mol. The number of nitrogens with zero attached hydrogens (tertiary/aromatic N) is 1. The standard InChI is InChI=1S/C21H27N3O2/c22-20(25)23-17-21(18-7-3-1-4-8-18,19-9-5-2-6-10-19)11-12-24-13-15-26-16-14-24/h1-10H,11-17H2,(H3,22,23,25). The van der Waals surface area contributed by atoms with Crippen molar-refractivity contribution in [3.05, 3.63) is 71.8 Å². The highest BCUT2D eigenvalue weighted by Gasteiger charge is 2.35. The lowest BCUT2D eigenvalue weighted by Crippen LogP contribution is -2.46. The lowest BCUT2D eigenvalue weighted by molar-refractivity contribution is 0.0352. The Morgan fingerprint density at radius 3 is 2.04 bits per heavy atom. The van der Waals surface area contributed by atoms with Crippen molar-refractivity contribution in [2.75, 3.05) is 39.4 Å². The first-order valence-corrected chi connectivity index (χ1v) is 9.15. The highest BCUT2D eigenvalue weighted by molar-refractivity contribution is 5.72. The molecule has 2 aromatic carbocycles. The van der Waals surface area contributed by atoms with Crippen LogP contribution in [0.5, 0.6) is 0 Å². The van der Waals surface area contributed by atoms with Gasteiger partial charge in [-0.3, -0.25) is 4.90 Å². The molecule has 0 aromatic heterocycles. The topological polar surface area (TPSA) is 67.6 Å². The summed E-state index contributed by atoms with van der Waals surface area (Å²) in [6.07, 6.45) is 0.890. The number of urea groups is 1. The predicted molar refractivity (Wildman–Crippen MR) is 103 cm³/mol. The third kappa shape index (κ3) is 4.42. The number of ether oxygens (including phenoxy) is 1. The molecule has 0 bridgehead atoms. The van der Waals surface area contributed by atoms with E-state index < -0.39 is 6.03 Å². The summed E-state index contributed by atoms with van der Waals surface area (Å²) in [5.74, 6) is 0. The number of morpholine rings is 1. The number of nitrogens with one attached hydrogen (secondary N) is 1. The van der Waals surface area contributed by atoms with E-state index in [1.165, 1.54) is 11.1 Å². The van der Waals surface area contributed by atoms with Crippen molar-refractivity contribution in [1.29, 1.82) is 0 Å². The molecular formula is C21H27N3O2. The van der Waals surface area contributed by atoms with Gasteiger partial charge in [0.25, 0.3) is 0 Å². The fourth-order valence-electron chi connectivity index (χ4n) is 3.67. The van der Waals surface area contributed by atoms with E-state index in [2.05, 4.69) is 34.5 Å². The van der Waals surface area contributed by atoms with Gasteiger partial charge in [-0.05, 0) is 24.1 Å². The predicted octanol–water partition coefficient (Wildman–Crippen LogP) is 2.36. The van der Waals surface area contributed by atoms with Crippen molar-refractivity contribution >= 4 is 6.03 Å². The van der Waals surface area contributed by atoms with E-state index in [9.17, 15) is 4.79 Å². The number of nitrogens with two attached hydrogens (primary N) is 1. The minimum absolute atomic E-state index is 0.324. The Hall–Kier alpha value is -2.37. The van der Waals surface area contributed by atoms with E-state index in [1.807, 2.05) is 36.4 Å². The molecular weight excluding hydrogens is 326 g/mol. The summed E-state index contributed by atoms with van der Waals surface area (Å²) in [6, 6.07) is 20.3. The van der Waals surface area contributed by atoms with Gasteiger partial charge in [-0.25, -0.2) is 4.79 Å². The number of hydrogen-bond acceptors (Lipinski definition) is 3. The second kappa shape index (κ2) is 8.83. The third-order valence-electron chi connectivity index (χ3n) is 5.18. The van der Waals surface area contributed by atoms with E-state index >= 15 is 0 Å². The Balaban J connectivity index is 1.94. The van der Waals surface area contributed by atoms with Crippen LogP contribution in [0.3, 0.4) is 0 Å². The summed E-state index contributed by atoms with van der Waals surface area (Å²) < 4.78 is 5.46. The molecule has 5 nitrogen and oxygen atoms in total. The minimum atomic E-state index is -0.493. The Morgan fingerprint density at radius 1 is 1.00 bits per heavy atom. The van der Waals surface area contributed by atoms with Crippen molar-refractivity contribution in [3.63, 3.8) is 0 Å².